The Hall–Kier alpha value is -1.11. The lowest BCUT2D eigenvalue weighted by Crippen LogP contribution is -2.14. The average Bonchev–Trinajstić information content (AvgIpc) is 2.17. The molecular formula is C12H16O. The fraction of sp³-hybridized carbons (Fsp3) is 0.417. The maximum atomic E-state index is 11.2. The molecule has 1 aromatic rings. The first kappa shape index (κ1) is 9.97. The Morgan fingerprint density at radius 1 is 1.15 bits per heavy atom. The molecule has 0 N–H and O–H groups in total. The number of hydrogen-bond donors (Lipinski definition) is 0. The van der Waals surface area contributed by atoms with Gasteiger partial charge in [0.2, 0.25) is 0 Å². The molecule has 70 valence electrons. The van der Waals surface area contributed by atoms with Gasteiger partial charge in [-0.2, -0.15) is 0 Å². The lowest BCUT2D eigenvalue weighted by molar-refractivity contribution is -0.120. The Balaban J connectivity index is 2.79. The highest BCUT2D eigenvalue weighted by Gasteiger charge is 2.17. The predicted octanol–water partition coefficient (Wildman–Crippen LogP) is 3.02. The van der Waals surface area contributed by atoms with Gasteiger partial charge in [0, 0.05) is 5.92 Å². The monoisotopic (exact) mass is 176 g/mol. The Morgan fingerprint density at radius 3 is 2.15 bits per heavy atom. The molecule has 13 heavy (non-hydrogen) atoms. The second kappa shape index (κ2) is 4.22. The molecule has 0 unspecified atom stereocenters. The standard InChI is InChI=1S/C12H16O/c1-9(11(3)13)10(2)12-7-5-4-6-8-12/h4-10H,1-3H3/t9-,10-/m1/s1. The van der Waals surface area contributed by atoms with E-state index in [4.69, 9.17) is 0 Å². The number of carbonyl (C=O) groups is 1. The summed E-state index contributed by atoms with van der Waals surface area (Å²) in [7, 11) is 0. The van der Waals surface area contributed by atoms with Crippen LogP contribution in [0, 0.1) is 5.92 Å². The van der Waals surface area contributed by atoms with Gasteiger partial charge in [0.25, 0.3) is 0 Å². The second-order valence-electron chi connectivity index (χ2n) is 3.60. The number of Topliss-reactive ketones (excluding diaryl/α,β-unsaturated/α-hetero) is 1. The van der Waals surface area contributed by atoms with Gasteiger partial charge in [-0.05, 0) is 18.4 Å². The zero-order valence-corrected chi connectivity index (χ0v) is 8.45. The first-order valence-corrected chi connectivity index (χ1v) is 4.68. The molecule has 0 spiro atoms. The van der Waals surface area contributed by atoms with Gasteiger partial charge in [-0.3, -0.25) is 4.79 Å². The van der Waals surface area contributed by atoms with Crippen LogP contribution in [0.15, 0.2) is 30.3 Å². The summed E-state index contributed by atoms with van der Waals surface area (Å²) in [6.07, 6.45) is 0. The summed E-state index contributed by atoms with van der Waals surface area (Å²) in [6.45, 7) is 5.74. The highest BCUT2D eigenvalue weighted by molar-refractivity contribution is 5.78. The van der Waals surface area contributed by atoms with Crippen molar-refractivity contribution in [2.24, 2.45) is 5.92 Å². The van der Waals surface area contributed by atoms with Crippen LogP contribution in [0.2, 0.25) is 0 Å². The van der Waals surface area contributed by atoms with Crippen LogP contribution in [-0.2, 0) is 4.79 Å². The largest absolute Gasteiger partial charge is 0.300 e. The van der Waals surface area contributed by atoms with Crippen LogP contribution in [0.1, 0.15) is 32.3 Å². The fourth-order valence-electron chi connectivity index (χ4n) is 1.40. The molecule has 1 rings (SSSR count). The SMILES string of the molecule is CC(=O)[C@H](C)[C@@H](C)c1ccccc1. The molecule has 0 heterocycles. The maximum Gasteiger partial charge on any atom is 0.133 e. The van der Waals surface area contributed by atoms with Crippen molar-refractivity contribution in [2.45, 2.75) is 26.7 Å². The molecule has 2 atom stereocenters. The summed E-state index contributed by atoms with van der Waals surface area (Å²) in [5.41, 5.74) is 1.24. The van der Waals surface area contributed by atoms with Crippen molar-refractivity contribution < 1.29 is 4.79 Å². The van der Waals surface area contributed by atoms with Crippen molar-refractivity contribution in [2.75, 3.05) is 0 Å². The van der Waals surface area contributed by atoms with Crippen molar-refractivity contribution >= 4 is 5.78 Å². The molecule has 1 aromatic carbocycles. The van der Waals surface area contributed by atoms with Gasteiger partial charge < -0.3 is 0 Å². The van der Waals surface area contributed by atoms with Crippen LogP contribution in [-0.4, -0.2) is 5.78 Å². The molecule has 0 bridgehead atoms. The number of rotatable bonds is 3. The van der Waals surface area contributed by atoms with Gasteiger partial charge in [-0.15, -0.1) is 0 Å². The molecule has 0 fully saturated rings. The summed E-state index contributed by atoms with van der Waals surface area (Å²) in [5, 5.41) is 0. The van der Waals surface area contributed by atoms with Crippen molar-refractivity contribution in [1.29, 1.82) is 0 Å². The first-order valence-electron chi connectivity index (χ1n) is 4.68. The fourth-order valence-corrected chi connectivity index (χ4v) is 1.40. The summed E-state index contributed by atoms with van der Waals surface area (Å²) >= 11 is 0. The van der Waals surface area contributed by atoms with Gasteiger partial charge in [-0.25, -0.2) is 0 Å². The minimum Gasteiger partial charge on any atom is -0.300 e. The molecule has 0 saturated heterocycles. The van der Waals surface area contributed by atoms with E-state index in [1.807, 2.05) is 25.1 Å². The molecule has 1 heteroatoms. The third kappa shape index (κ3) is 2.41. The van der Waals surface area contributed by atoms with Gasteiger partial charge in [0.1, 0.15) is 5.78 Å². The molecular weight excluding hydrogens is 160 g/mol. The van der Waals surface area contributed by atoms with Gasteiger partial charge >= 0.3 is 0 Å². The maximum absolute atomic E-state index is 11.2. The smallest absolute Gasteiger partial charge is 0.133 e. The third-order valence-electron chi connectivity index (χ3n) is 2.72. The summed E-state index contributed by atoms with van der Waals surface area (Å²) < 4.78 is 0. The quantitative estimate of drug-likeness (QED) is 0.692. The van der Waals surface area contributed by atoms with E-state index in [0.717, 1.165) is 0 Å². The molecule has 0 aliphatic carbocycles. The van der Waals surface area contributed by atoms with E-state index in [0.29, 0.717) is 5.92 Å². The van der Waals surface area contributed by atoms with Crippen molar-refractivity contribution in [3.05, 3.63) is 35.9 Å². The predicted molar refractivity (Wildman–Crippen MR) is 54.7 cm³/mol. The number of carbonyl (C=O) groups excluding carboxylic acids is 1. The average molecular weight is 176 g/mol. The molecule has 0 aliphatic rings. The first-order chi connectivity index (χ1) is 6.13. The van der Waals surface area contributed by atoms with E-state index in [2.05, 4.69) is 19.1 Å². The van der Waals surface area contributed by atoms with Crippen LogP contribution in [0.4, 0.5) is 0 Å². The van der Waals surface area contributed by atoms with Gasteiger partial charge in [-0.1, -0.05) is 44.2 Å². The van der Waals surface area contributed by atoms with Crippen LogP contribution in [0.3, 0.4) is 0 Å². The Kier molecular flexibility index (Phi) is 3.24. The molecule has 0 saturated carbocycles. The molecule has 0 radical (unpaired) electrons. The van der Waals surface area contributed by atoms with Gasteiger partial charge in [0.15, 0.2) is 0 Å². The Labute approximate surface area is 79.8 Å². The van der Waals surface area contributed by atoms with Crippen molar-refractivity contribution in [3.63, 3.8) is 0 Å². The molecule has 1 nitrogen and oxygen atoms in total. The van der Waals surface area contributed by atoms with E-state index < -0.39 is 0 Å². The molecule has 0 aromatic heterocycles. The van der Waals surface area contributed by atoms with Crippen LogP contribution in [0.25, 0.3) is 0 Å². The molecule has 0 amide bonds. The second-order valence-corrected chi connectivity index (χ2v) is 3.60. The van der Waals surface area contributed by atoms with Crippen molar-refractivity contribution in [3.8, 4) is 0 Å². The summed E-state index contributed by atoms with van der Waals surface area (Å²) in [6, 6.07) is 10.2. The van der Waals surface area contributed by atoms with Crippen LogP contribution in [0.5, 0.6) is 0 Å². The topological polar surface area (TPSA) is 17.1 Å². The van der Waals surface area contributed by atoms with E-state index in [1.54, 1.807) is 6.92 Å². The number of hydrogen-bond acceptors (Lipinski definition) is 1. The van der Waals surface area contributed by atoms with E-state index in [9.17, 15) is 4.79 Å². The normalized spacial score (nSPS) is 15.0. The van der Waals surface area contributed by atoms with E-state index in [1.165, 1.54) is 5.56 Å². The highest BCUT2D eigenvalue weighted by atomic mass is 16.1. The zero-order chi connectivity index (χ0) is 9.84. The molecule has 0 aliphatic heterocycles. The Morgan fingerprint density at radius 2 is 1.69 bits per heavy atom. The third-order valence-corrected chi connectivity index (χ3v) is 2.72. The minimum absolute atomic E-state index is 0.113. The number of benzene rings is 1. The Bertz CT molecular complexity index is 276. The summed E-state index contributed by atoms with van der Waals surface area (Å²) in [4.78, 5) is 11.2. The van der Waals surface area contributed by atoms with E-state index in [-0.39, 0.29) is 11.7 Å². The highest BCUT2D eigenvalue weighted by Crippen LogP contribution is 2.23. The zero-order valence-electron chi connectivity index (χ0n) is 8.45. The van der Waals surface area contributed by atoms with Crippen LogP contribution < -0.4 is 0 Å². The van der Waals surface area contributed by atoms with Crippen molar-refractivity contribution in [1.82, 2.24) is 0 Å². The lowest BCUT2D eigenvalue weighted by Gasteiger charge is -2.17. The number of ketones is 1. The van der Waals surface area contributed by atoms with E-state index >= 15 is 0 Å². The lowest BCUT2D eigenvalue weighted by atomic mass is 9.87. The summed E-state index contributed by atoms with van der Waals surface area (Å²) in [5.74, 6) is 0.692. The minimum atomic E-state index is 0.113. The van der Waals surface area contributed by atoms with Crippen LogP contribution >= 0.6 is 0 Å². The van der Waals surface area contributed by atoms with Gasteiger partial charge in [0.05, 0.1) is 0 Å².